The van der Waals surface area contributed by atoms with Gasteiger partial charge in [-0.25, -0.2) is 18.0 Å². The number of halogens is 2. The van der Waals surface area contributed by atoms with Crippen LogP contribution in [-0.2, 0) is 10.0 Å². The molecule has 124 valence electrons. The summed E-state index contributed by atoms with van der Waals surface area (Å²) in [7, 11) is -4.02. The summed E-state index contributed by atoms with van der Waals surface area (Å²) in [5, 5.41) is 0.408. The molecule has 0 radical (unpaired) electrons. The van der Waals surface area contributed by atoms with E-state index in [1.165, 1.54) is 30.3 Å². The molecular formula is C14H8Cl2N2O5S. The van der Waals surface area contributed by atoms with Gasteiger partial charge in [-0.05, 0) is 36.4 Å². The predicted molar refractivity (Wildman–Crippen MR) is 90.4 cm³/mol. The lowest BCUT2D eigenvalue weighted by molar-refractivity contribution is 0.460. The Hall–Kier alpha value is -2.29. The molecule has 0 atom stereocenters. The number of aromatic amines is 1. The molecular weight excluding hydrogens is 379 g/mol. The minimum Gasteiger partial charge on any atom is -0.372 e. The molecule has 2 N–H and O–H groups in total. The Kier molecular flexibility index (Phi) is 4.12. The molecule has 24 heavy (non-hydrogen) atoms. The predicted octanol–water partition coefficient (Wildman–Crippen LogP) is 2.59. The van der Waals surface area contributed by atoms with E-state index in [4.69, 9.17) is 23.2 Å². The molecule has 0 unspecified atom stereocenters. The van der Waals surface area contributed by atoms with Crippen LogP contribution in [0.4, 0.5) is 5.69 Å². The number of aromatic nitrogens is 1. The van der Waals surface area contributed by atoms with Crippen LogP contribution in [0.3, 0.4) is 0 Å². The number of benzene rings is 2. The first-order chi connectivity index (χ1) is 11.3. The van der Waals surface area contributed by atoms with Gasteiger partial charge in [0.25, 0.3) is 10.0 Å². The maximum absolute atomic E-state index is 12.5. The molecule has 0 saturated carbocycles. The molecule has 0 saturated heterocycles. The van der Waals surface area contributed by atoms with E-state index in [1.54, 1.807) is 0 Å². The minimum atomic E-state index is -4.02. The number of hydrogen-bond donors (Lipinski definition) is 2. The summed E-state index contributed by atoms with van der Waals surface area (Å²) in [4.78, 5) is 24.9. The van der Waals surface area contributed by atoms with Gasteiger partial charge >= 0.3 is 11.4 Å². The van der Waals surface area contributed by atoms with Gasteiger partial charge in [0.1, 0.15) is 0 Å². The van der Waals surface area contributed by atoms with Gasteiger partial charge in [0, 0.05) is 5.02 Å². The number of fused-ring (bicyclic) bond motifs is 1. The summed E-state index contributed by atoms with van der Waals surface area (Å²) >= 11 is 11.7. The van der Waals surface area contributed by atoms with Crippen molar-refractivity contribution in [2.24, 2.45) is 0 Å². The highest BCUT2D eigenvalue weighted by atomic mass is 35.5. The van der Waals surface area contributed by atoms with E-state index in [0.29, 0.717) is 5.02 Å². The quantitative estimate of drug-likeness (QED) is 0.718. The summed E-state index contributed by atoms with van der Waals surface area (Å²) in [6, 6.07) is 7.92. The van der Waals surface area contributed by atoms with Crippen LogP contribution < -0.4 is 16.1 Å². The van der Waals surface area contributed by atoms with Crippen LogP contribution in [-0.4, -0.2) is 13.4 Å². The van der Waals surface area contributed by atoms with E-state index in [2.05, 4.69) is 14.1 Å². The van der Waals surface area contributed by atoms with Crippen molar-refractivity contribution in [3.8, 4) is 0 Å². The molecule has 0 bridgehead atoms. The fraction of sp³-hybridized carbons (Fsp3) is 0. The number of anilines is 1. The number of nitrogens with one attached hydrogen (secondary N) is 2. The number of sulfonamides is 1. The van der Waals surface area contributed by atoms with Crippen molar-refractivity contribution in [3.05, 3.63) is 67.4 Å². The zero-order chi connectivity index (χ0) is 17.5. The molecule has 1 aromatic heterocycles. The Labute approximate surface area is 144 Å². The van der Waals surface area contributed by atoms with Crippen molar-refractivity contribution >= 4 is 49.8 Å². The summed E-state index contributed by atoms with van der Waals surface area (Å²) in [6.07, 6.45) is 0. The Balaban J connectivity index is 2.08. The first-order valence-electron chi connectivity index (χ1n) is 6.41. The van der Waals surface area contributed by atoms with Crippen LogP contribution in [0.5, 0.6) is 0 Å². The summed E-state index contributed by atoms with van der Waals surface area (Å²) in [6.45, 7) is 0. The second-order valence-corrected chi connectivity index (χ2v) is 7.27. The first-order valence-corrected chi connectivity index (χ1v) is 8.65. The molecule has 3 aromatic rings. The lowest BCUT2D eigenvalue weighted by Gasteiger charge is -2.10. The molecule has 0 spiro atoms. The van der Waals surface area contributed by atoms with Crippen LogP contribution >= 0.6 is 23.2 Å². The molecule has 0 aliphatic rings. The van der Waals surface area contributed by atoms with Crippen LogP contribution in [0, 0.1) is 0 Å². The van der Waals surface area contributed by atoms with Crippen molar-refractivity contribution < 1.29 is 12.8 Å². The maximum atomic E-state index is 12.5. The van der Waals surface area contributed by atoms with Crippen molar-refractivity contribution in [2.75, 3.05) is 4.72 Å². The molecule has 2 aromatic carbocycles. The topological polar surface area (TPSA) is 109 Å². The van der Waals surface area contributed by atoms with E-state index < -0.39 is 21.4 Å². The summed E-state index contributed by atoms with van der Waals surface area (Å²) in [5.41, 5.74) is -0.635. The van der Waals surface area contributed by atoms with Crippen molar-refractivity contribution in [3.63, 3.8) is 0 Å². The van der Waals surface area contributed by atoms with Crippen LogP contribution in [0.2, 0.25) is 10.0 Å². The van der Waals surface area contributed by atoms with Gasteiger partial charge in [0.2, 0.25) is 0 Å². The first kappa shape index (κ1) is 16.6. The van der Waals surface area contributed by atoms with Crippen molar-refractivity contribution in [1.29, 1.82) is 0 Å². The Morgan fingerprint density at radius 1 is 1.04 bits per heavy atom. The molecule has 0 amide bonds. The summed E-state index contributed by atoms with van der Waals surface area (Å²) < 4.78 is 31.6. The molecule has 1 heterocycles. The molecule has 7 nitrogen and oxygen atoms in total. The Bertz CT molecular complexity index is 1170. The number of rotatable bonds is 3. The van der Waals surface area contributed by atoms with Crippen LogP contribution in [0.25, 0.3) is 10.9 Å². The highest BCUT2D eigenvalue weighted by Gasteiger charge is 2.17. The van der Waals surface area contributed by atoms with Gasteiger partial charge in [0.05, 0.1) is 26.5 Å². The zero-order valence-corrected chi connectivity index (χ0v) is 14.0. The van der Waals surface area contributed by atoms with E-state index in [9.17, 15) is 18.0 Å². The molecule has 10 heteroatoms. The van der Waals surface area contributed by atoms with Gasteiger partial charge in [0.15, 0.2) is 0 Å². The molecule has 0 fully saturated rings. The van der Waals surface area contributed by atoms with Gasteiger partial charge in [-0.1, -0.05) is 23.2 Å². The highest BCUT2D eigenvalue weighted by molar-refractivity contribution is 7.92. The zero-order valence-electron chi connectivity index (χ0n) is 11.7. The van der Waals surface area contributed by atoms with Gasteiger partial charge < -0.3 is 4.42 Å². The third-order valence-electron chi connectivity index (χ3n) is 3.12. The van der Waals surface area contributed by atoms with E-state index in [1.807, 2.05) is 0 Å². The lowest BCUT2D eigenvalue weighted by atomic mass is 10.2. The molecule has 0 aliphatic heterocycles. The number of hydrogen-bond acceptors (Lipinski definition) is 5. The minimum absolute atomic E-state index is 0.0697. The van der Waals surface area contributed by atoms with Crippen LogP contribution in [0.15, 0.2) is 55.3 Å². The van der Waals surface area contributed by atoms with Crippen molar-refractivity contribution in [2.45, 2.75) is 4.90 Å². The maximum Gasteiger partial charge on any atom is 0.419 e. The Morgan fingerprint density at radius 2 is 1.79 bits per heavy atom. The second kappa shape index (κ2) is 5.97. The molecule has 0 aliphatic carbocycles. The summed E-state index contributed by atoms with van der Waals surface area (Å²) in [5.74, 6) is -0.922. The van der Waals surface area contributed by atoms with E-state index in [-0.39, 0.29) is 26.5 Å². The normalized spacial score (nSPS) is 11.6. The van der Waals surface area contributed by atoms with Gasteiger partial charge in [-0.3, -0.25) is 9.71 Å². The largest absolute Gasteiger partial charge is 0.419 e. The molecule has 3 rings (SSSR count). The SMILES string of the molecule is O=c1[nH]c2ccc(S(=O)(=O)Nc3ccc(Cl)cc3Cl)cc2c(=O)o1. The average Bonchev–Trinajstić information content (AvgIpc) is 2.49. The third kappa shape index (κ3) is 3.16. The van der Waals surface area contributed by atoms with Gasteiger partial charge in [-0.15, -0.1) is 0 Å². The average molecular weight is 387 g/mol. The third-order valence-corrected chi connectivity index (χ3v) is 5.03. The van der Waals surface area contributed by atoms with Gasteiger partial charge in [-0.2, -0.15) is 0 Å². The van der Waals surface area contributed by atoms with Crippen molar-refractivity contribution in [1.82, 2.24) is 4.98 Å². The van der Waals surface area contributed by atoms with E-state index in [0.717, 1.165) is 6.07 Å². The fourth-order valence-electron chi connectivity index (χ4n) is 2.02. The lowest BCUT2D eigenvalue weighted by Crippen LogP contribution is -2.17. The van der Waals surface area contributed by atoms with Crippen LogP contribution in [0.1, 0.15) is 0 Å². The Morgan fingerprint density at radius 3 is 2.50 bits per heavy atom. The fourth-order valence-corrected chi connectivity index (χ4v) is 3.64. The smallest absolute Gasteiger partial charge is 0.372 e. The number of H-pyrrole nitrogens is 1. The van der Waals surface area contributed by atoms with E-state index >= 15 is 0 Å². The highest BCUT2D eigenvalue weighted by Crippen LogP contribution is 2.27. The second-order valence-electron chi connectivity index (χ2n) is 4.74. The monoisotopic (exact) mass is 386 g/mol. The standard InChI is InChI=1S/C14H8Cl2N2O5S/c15-7-1-3-12(10(16)5-7)18-24(21,22)8-2-4-11-9(6-8)13(19)23-14(20)17-11/h1-6,18H,(H,17,20).